The Balaban J connectivity index is 1.97. The van der Waals surface area contributed by atoms with Gasteiger partial charge < -0.3 is 30.2 Å². The van der Waals surface area contributed by atoms with E-state index in [-0.39, 0.29) is 12.5 Å². The van der Waals surface area contributed by atoms with Gasteiger partial charge in [-0.1, -0.05) is 0 Å². The predicted molar refractivity (Wildman–Crippen MR) is 88.6 cm³/mol. The highest BCUT2D eigenvalue weighted by Gasteiger charge is 2.15. The van der Waals surface area contributed by atoms with Gasteiger partial charge in [0.25, 0.3) is 0 Å². The minimum atomic E-state index is -0.0906. The fraction of sp³-hybridized carbons (Fsp3) is 0.867. The number of guanidine groups is 1. The Morgan fingerprint density at radius 2 is 2.13 bits per heavy atom. The molecule has 0 saturated carbocycles. The average Bonchev–Trinajstić information content (AvgIpc) is 3.07. The van der Waals surface area contributed by atoms with Crippen molar-refractivity contribution in [2.45, 2.75) is 12.8 Å². The maximum absolute atomic E-state index is 11.5. The van der Waals surface area contributed by atoms with Gasteiger partial charge in [0.05, 0.1) is 26.4 Å². The normalized spacial score (nSPS) is 18.0. The molecule has 3 N–H and O–H groups in total. The maximum Gasteiger partial charge on any atom is 0.239 e. The Kier molecular flexibility index (Phi) is 11.2. The third-order valence-corrected chi connectivity index (χ3v) is 3.40. The minimum Gasteiger partial charge on any atom is -0.383 e. The van der Waals surface area contributed by atoms with Crippen LogP contribution in [0.15, 0.2) is 4.99 Å². The van der Waals surface area contributed by atoms with Crippen molar-refractivity contribution >= 4 is 11.9 Å². The third kappa shape index (κ3) is 10.1. The van der Waals surface area contributed by atoms with Gasteiger partial charge in [0.15, 0.2) is 5.96 Å². The number of carbonyl (C=O) groups is 1. The van der Waals surface area contributed by atoms with E-state index in [0.717, 1.165) is 39.2 Å². The SMILES string of the molecule is CN=C(NCCCOCC1CCOC1)NCC(=O)NCCOC. The van der Waals surface area contributed by atoms with Gasteiger partial charge in [-0.15, -0.1) is 0 Å². The molecule has 8 heteroatoms. The second kappa shape index (κ2) is 13.1. The molecular formula is C15H30N4O4. The van der Waals surface area contributed by atoms with Crippen LogP contribution in [0.5, 0.6) is 0 Å². The van der Waals surface area contributed by atoms with Crippen molar-refractivity contribution in [2.75, 3.05) is 66.8 Å². The van der Waals surface area contributed by atoms with Crippen LogP contribution in [-0.2, 0) is 19.0 Å². The number of hydrogen-bond donors (Lipinski definition) is 3. The molecule has 23 heavy (non-hydrogen) atoms. The molecule has 8 nitrogen and oxygen atoms in total. The molecule has 134 valence electrons. The van der Waals surface area contributed by atoms with Crippen molar-refractivity contribution in [3.8, 4) is 0 Å². The van der Waals surface area contributed by atoms with E-state index in [2.05, 4.69) is 20.9 Å². The first kappa shape index (κ1) is 19.7. The molecule has 0 aromatic heterocycles. The first-order valence-electron chi connectivity index (χ1n) is 8.12. The summed E-state index contributed by atoms with van der Waals surface area (Å²) in [6.45, 7) is 5.09. The zero-order valence-electron chi connectivity index (χ0n) is 14.2. The van der Waals surface area contributed by atoms with Crippen molar-refractivity contribution in [3.05, 3.63) is 0 Å². The van der Waals surface area contributed by atoms with Gasteiger partial charge in [0.1, 0.15) is 0 Å². The number of amides is 1. The van der Waals surface area contributed by atoms with Crippen molar-refractivity contribution in [2.24, 2.45) is 10.9 Å². The topological polar surface area (TPSA) is 93.2 Å². The highest BCUT2D eigenvalue weighted by atomic mass is 16.5. The Bertz CT molecular complexity index is 346. The van der Waals surface area contributed by atoms with Crippen LogP contribution in [0.2, 0.25) is 0 Å². The summed E-state index contributed by atoms with van der Waals surface area (Å²) in [6.07, 6.45) is 1.98. The molecular weight excluding hydrogens is 300 g/mol. The number of hydrogen-bond acceptors (Lipinski definition) is 5. The molecule has 1 amide bonds. The number of methoxy groups -OCH3 is 1. The Labute approximate surface area is 138 Å². The molecule has 0 aliphatic carbocycles. The van der Waals surface area contributed by atoms with E-state index in [1.165, 1.54) is 0 Å². The van der Waals surface area contributed by atoms with Gasteiger partial charge in [-0.3, -0.25) is 9.79 Å². The van der Waals surface area contributed by atoms with Crippen LogP contribution in [-0.4, -0.2) is 78.7 Å². The molecule has 1 aliphatic heterocycles. The van der Waals surface area contributed by atoms with Crippen LogP contribution < -0.4 is 16.0 Å². The monoisotopic (exact) mass is 330 g/mol. The standard InChI is InChI=1S/C15H30N4O4/c1-16-15(19-10-14(20)17-6-9-21-2)18-5-3-7-22-11-13-4-8-23-12-13/h13H,3-12H2,1-2H3,(H,17,20)(H2,16,18,19). The smallest absolute Gasteiger partial charge is 0.239 e. The molecule has 1 heterocycles. The third-order valence-electron chi connectivity index (χ3n) is 3.40. The fourth-order valence-electron chi connectivity index (χ4n) is 2.09. The maximum atomic E-state index is 11.5. The molecule has 0 aromatic carbocycles. The van der Waals surface area contributed by atoms with Crippen molar-refractivity contribution in [3.63, 3.8) is 0 Å². The van der Waals surface area contributed by atoms with Gasteiger partial charge in [0.2, 0.25) is 5.91 Å². The molecule has 0 bridgehead atoms. The minimum absolute atomic E-state index is 0.0906. The Morgan fingerprint density at radius 1 is 1.26 bits per heavy atom. The van der Waals surface area contributed by atoms with Crippen LogP contribution in [0.25, 0.3) is 0 Å². The number of nitrogens with zero attached hydrogens (tertiary/aromatic N) is 1. The summed E-state index contributed by atoms with van der Waals surface area (Å²) in [5.41, 5.74) is 0. The van der Waals surface area contributed by atoms with Crippen molar-refractivity contribution in [1.82, 2.24) is 16.0 Å². The second-order valence-corrected chi connectivity index (χ2v) is 5.35. The number of aliphatic imine (C=N–C) groups is 1. The lowest BCUT2D eigenvalue weighted by Crippen LogP contribution is -2.44. The van der Waals surface area contributed by atoms with Crippen molar-refractivity contribution < 1.29 is 19.0 Å². The largest absolute Gasteiger partial charge is 0.383 e. The summed E-state index contributed by atoms with van der Waals surface area (Å²) < 4.78 is 15.8. The molecule has 1 rings (SSSR count). The number of nitrogens with one attached hydrogen (secondary N) is 3. The summed E-state index contributed by atoms with van der Waals surface area (Å²) in [4.78, 5) is 15.6. The number of carbonyl (C=O) groups excluding carboxylic acids is 1. The van der Waals surface area contributed by atoms with Crippen LogP contribution in [0.3, 0.4) is 0 Å². The van der Waals surface area contributed by atoms with Gasteiger partial charge in [-0.25, -0.2) is 0 Å². The quantitative estimate of drug-likeness (QED) is 0.265. The summed E-state index contributed by atoms with van der Waals surface area (Å²) >= 11 is 0. The van der Waals surface area contributed by atoms with Crippen LogP contribution in [0.1, 0.15) is 12.8 Å². The van der Waals surface area contributed by atoms with Crippen LogP contribution in [0, 0.1) is 5.92 Å². The summed E-state index contributed by atoms with van der Waals surface area (Å²) in [5, 5.41) is 8.84. The lowest BCUT2D eigenvalue weighted by atomic mass is 10.1. The summed E-state index contributed by atoms with van der Waals surface area (Å²) in [5.74, 6) is 1.07. The Morgan fingerprint density at radius 3 is 2.83 bits per heavy atom. The molecule has 1 saturated heterocycles. The fourth-order valence-corrected chi connectivity index (χ4v) is 2.09. The summed E-state index contributed by atoms with van der Waals surface area (Å²) in [7, 11) is 3.27. The molecule has 0 radical (unpaired) electrons. The average molecular weight is 330 g/mol. The molecule has 0 spiro atoms. The van der Waals surface area contributed by atoms with Gasteiger partial charge >= 0.3 is 0 Å². The summed E-state index contributed by atoms with van der Waals surface area (Å²) in [6, 6.07) is 0. The van der Waals surface area contributed by atoms with Gasteiger partial charge in [-0.05, 0) is 12.8 Å². The van der Waals surface area contributed by atoms with E-state index in [1.54, 1.807) is 14.2 Å². The Hall–Kier alpha value is -1.38. The second-order valence-electron chi connectivity index (χ2n) is 5.35. The van der Waals surface area contributed by atoms with E-state index in [1.807, 2.05) is 0 Å². The van der Waals surface area contributed by atoms with Gasteiger partial charge in [0, 0.05) is 46.4 Å². The lowest BCUT2D eigenvalue weighted by Gasteiger charge is -2.12. The molecule has 1 atom stereocenters. The van der Waals surface area contributed by atoms with Crippen LogP contribution >= 0.6 is 0 Å². The van der Waals surface area contributed by atoms with E-state index >= 15 is 0 Å². The van der Waals surface area contributed by atoms with E-state index in [4.69, 9.17) is 14.2 Å². The van der Waals surface area contributed by atoms with Crippen molar-refractivity contribution in [1.29, 1.82) is 0 Å². The zero-order valence-corrected chi connectivity index (χ0v) is 14.2. The first-order valence-corrected chi connectivity index (χ1v) is 8.12. The molecule has 1 aliphatic rings. The van der Waals surface area contributed by atoms with Gasteiger partial charge in [-0.2, -0.15) is 0 Å². The number of rotatable bonds is 11. The highest BCUT2D eigenvalue weighted by Crippen LogP contribution is 2.12. The zero-order chi connectivity index (χ0) is 16.8. The predicted octanol–water partition coefficient (Wildman–Crippen LogP) is -0.643. The molecule has 1 fully saturated rings. The van der Waals surface area contributed by atoms with E-state index < -0.39 is 0 Å². The highest BCUT2D eigenvalue weighted by molar-refractivity contribution is 5.86. The first-order chi connectivity index (χ1) is 11.3. The lowest BCUT2D eigenvalue weighted by molar-refractivity contribution is -0.120. The molecule has 1 unspecified atom stereocenters. The number of ether oxygens (including phenoxy) is 3. The van der Waals surface area contributed by atoms with E-state index in [9.17, 15) is 4.79 Å². The van der Waals surface area contributed by atoms with Crippen LogP contribution in [0.4, 0.5) is 0 Å². The molecule has 0 aromatic rings. The van der Waals surface area contributed by atoms with E-state index in [0.29, 0.717) is 31.6 Å².